The maximum atomic E-state index is 11.6. The summed E-state index contributed by atoms with van der Waals surface area (Å²) >= 11 is 0. The van der Waals surface area contributed by atoms with Crippen LogP contribution in [0.1, 0.15) is 13.3 Å². The number of nitrogens with one attached hydrogen (secondary N) is 1. The molecule has 1 unspecified atom stereocenters. The van der Waals surface area contributed by atoms with Crippen LogP contribution in [0.3, 0.4) is 0 Å². The minimum absolute atomic E-state index is 0.104. The second-order valence-electron chi connectivity index (χ2n) is 3.36. The van der Waals surface area contributed by atoms with Crippen LogP contribution in [-0.4, -0.2) is 38.6 Å². The lowest BCUT2D eigenvalue weighted by Gasteiger charge is -2.09. The van der Waals surface area contributed by atoms with Crippen LogP contribution in [-0.2, 0) is 9.53 Å². The highest BCUT2D eigenvalue weighted by Gasteiger charge is 2.06. The van der Waals surface area contributed by atoms with Gasteiger partial charge < -0.3 is 15.8 Å². The minimum Gasteiger partial charge on any atom is -0.374 e. The van der Waals surface area contributed by atoms with E-state index in [0.717, 1.165) is 0 Å². The molecule has 4 nitrogen and oxygen atoms in total. The second kappa shape index (κ2) is 8.55. The SMILES string of the molecule is CC(CN)CC(=O)NCCOCC(F)F. The summed E-state index contributed by atoms with van der Waals surface area (Å²) in [6.07, 6.45) is -2.11. The molecule has 6 heteroatoms. The van der Waals surface area contributed by atoms with Gasteiger partial charge >= 0.3 is 0 Å². The Labute approximate surface area is 88.2 Å². The van der Waals surface area contributed by atoms with Gasteiger partial charge in [0.25, 0.3) is 6.43 Å². The molecule has 15 heavy (non-hydrogen) atoms. The van der Waals surface area contributed by atoms with Crippen molar-refractivity contribution < 1.29 is 18.3 Å². The van der Waals surface area contributed by atoms with E-state index in [0.29, 0.717) is 13.0 Å². The van der Waals surface area contributed by atoms with E-state index in [1.807, 2.05) is 6.92 Å². The zero-order chi connectivity index (χ0) is 11.7. The van der Waals surface area contributed by atoms with Crippen molar-refractivity contribution >= 4 is 5.91 Å². The van der Waals surface area contributed by atoms with Crippen LogP contribution >= 0.6 is 0 Å². The highest BCUT2D eigenvalue weighted by Crippen LogP contribution is 1.97. The zero-order valence-electron chi connectivity index (χ0n) is 8.84. The molecule has 0 aromatic carbocycles. The Morgan fingerprint density at radius 2 is 2.20 bits per heavy atom. The zero-order valence-corrected chi connectivity index (χ0v) is 8.84. The van der Waals surface area contributed by atoms with Crippen LogP contribution in [0.4, 0.5) is 8.78 Å². The standard InChI is InChI=1S/C9H18F2N2O2/c1-7(5-12)4-9(14)13-2-3-15-6-8(10)11/h7-8H,2-6,12H2,1H3,(H,13,14). The molecule has 0 aromatic heterocycles. The lowest BCUT2D eigenvalue weighted by Crippen LogP contribution is -2.30. The van der Waals surface area contributed by atoms with Crippen molar-refractivity contribution in [3.8, 4) is 0 Å². The average Bonchev–Trinajstić information content (AvgIpc) is 2.16. The van der Waals surface area contributed by atoms with Crippen molar-refractivity contribution in [2.24, 2.45) is 11.7 Å². The van der Waals surface area contributed by atoms with Crippen LogP contribution in [0.25, 0.3) is 0 Å². The molecule has 0 saturated heterocycles. The Bertz CT molecular complexity index is 179. The molecule has 0 spiro atoms. The molecule has 0 fully saturated rings. The summed E-state index contributed by atoms with van der Waals surface area (Å²) in [5.41, 5.74) is 5.34. The van der Waals surface area contributed by atoms with E-state index < -0.39 is 13.0 Å². The Morgan fingerprint density at radius 1 is 1.53 bits per heavy atom. The van der Waals surface area contributed by atoms with Crippen molar-refractivity contribution in [1.82, 2.24) is 5.32 Å². The number of hydrogen-bond acceptors (Lipinski definition) is 3. The number of alkyl halides is 2. The van der Waals surface area contributed by atoms with Crippen LogP contribution in [0.5, 0.6) is 0 Å². The average molecular weight is 224 g/mol. The molecule has 0 heterocycles. The Morgan fingerprint density at radius 3 is 2.73 bits per heavy atom. The smallest absolute Gasteiger partial charge is 0.261 e. The molecule has 1 amide bonds. The molecule has 0 bridgehead atoms. The van der Waals surface area contributed by atoms with Gasteiger partial charge in [-0.3, -0.25) is 4.79 Å². The summed E-state index contributed by atoms with van der Waals surface area (Å²) in [6, 6.07) is 0. The number of halogens is 2. The van der Waals surface area contributed by atoms with Crippen molar-refractivity contribution in [2.45, 2.75) is 19.8 Å². The van der Waals surface area contributed by atoms with Crippen LogP contribution < -0.4 is 11.1 Å². The molecule has 0 aromatic rings. The monoisotopic (exact) mass is 224 g/mol. The third-order valence-electron chi connectivity index (χ3n) is 1.75. The minimum atomic E-state index is -2.46. The second-order valence-corrected chi connectivity index (χ2v) is 3.36. The van der Waals surface area contributed by atoms with E-state index in [1.165, 1.54) is 0 Å². The van der Waals surface area contributed by atoms with Crippen molar-refractivity contribution in [3.63, 3.8) is 0 Å². The van der Waals surface area contributed by atoms with Gasteiger partial charge in [-0.05, 0) is 12.5 Å². The van der Waals surface area contributed by atoms with Gasteiger partial charge in [0, 0.05) is 13.0 Å². The fourth-order valence-corrected chi connectivity index (χ4v) is 0.907. The highest BCUT2D eigenvalue weighted by molar-refractivity contribution is 5.76. The summed E-state index contributed by atoms with van der Waals surface area (Å²) < 4.78 is 27.8. The lowest BCUT2D eigenvalue weighted by molar-refractivity contribution is -0.122. The third-order valence-corrected chi connectivity index (χ3v) is 1.75. The Hall–Kier alpha value is -0.750. The predicted octanol–water partition coefficient (Wildman–Crippen LogP) is 0.369. The van der Waals surface area contributed by atoms with Gasteiger partial charge in [0.15, 0.2) is 0 Å². The number of rotatable bonds is 8. The number of carbonyl (C=O) groups is 1. The third kappa shape index (κ3) is 9.55. The number of ether oxygens (including phenoxy) is 1. The van der Waals surface area contributed by atoms with E-state index in [2.05, 4.69) is 10.1 Å². The van der Waals surface area contributed by atoms with E-state index in [-0.39, 0.29) is 25.0 Å². The van der Waals surface area contributed by atoms with Crippen molar-refractivity contribution in [2.75, 3.05) is 26.3 Å². The van der Waals surface area contributed by atoms with Gasteiger partial charge in [-0.2, -0.15) is 0 Å². The van der Waals surface area contributed by atoms with Gasteiger partial charge in [-0.1, -0.05) is 6.92 Å². The molecule has 90 valence electrons. The first-order valence-electron chi connectivity index (χ1n) is 4.89. The number of amides is 1. The molecular weight excluding hydrogens is 206 g/mol. The first-order valence-corrected chi connectivity index (χ1v) is 4.89. The summed E-state index contributed by atoms with van der Waals surface area (Å²) in [4.78, 5) is 11.1. The van der Waals surface area contributed by atoms with Gasteiger partial charge in [0.2, 0.25) is 5.91 Å². The topological polar surface area (TPSA) is 64.4 Å². The summed E-state index contributed by atoms with van der Waals surface area (Å²) in [5, 5.41) is 2.56. The van der Waals surface area contributed by atoms with Gasteiger partial charge in [0.1, 0.15) is 6.61 Å². The Balaban J connectivity index is 3.31. The van der Waals surface area contributed by atoms with E-state index >= 15 is 0 Å². The fourth-order valence-electron chi connectivity index (χ4n) is 0.907. The predicted molar refractivity (Wildman–Crippen MR) is 52.7 cm³/mol. The molecule has 0 aliphatic heterocycles. The largest absolute Gasteiger partial charge is 0.374 e. The number of hydrogen-bond donors (Lipinski definition) is 2. The van der Waals surface area contributed by atoms with Gasteiger partial charge in [-0.25, -0.2) is 8.78 Å². The first kappa shape index (κ1) is 14.2. The number of carbonyl (C=O) groups excluding carboxylic acids is 1. The van der Waals surface area contributed by atoms with Crippen LogP contribution in [0, 0.1) is 5.92 Å². The van der Waals surface area contributed by atoms with E-state index in [1.54, 1.807) is 0 Å². The summed E-state index contributed by atoms with van der Waals surface area (Å²) in [7, 11) is 0. The first-order chi connectivity index (χ1) is 7.06. The Kier molecular flexibility index (Phi) is 8.12. The molecule has 0 aliphatic carbocycles. The molecule has 3 N–H and O–H groups in total. The summed E-state index contributed by atoms with van der Waals surface area (Å²) in [6.45, 7) is 2.09. The highest BCUT2D eigenvalue weighted by atomic mass is 19.3. The molecule has 0 rings (SSSR count). The molecular formula is C9H18F2N2O2. The van der Waals surface area contributed by atoms with Crippen LogP contribution in [0.2, 0.25) is 0 Å². The molecule has 1 atom stereocenters. The van der Waals surface area contributed by atoms with Gasteiger partial charge in [-0.15, -0.1) is 0 Å². The number of nitrogens with two attached hydrogens (primary N) is 1. The van der Waals surface area contributed by atoms with Crippen molar-refractivity contribution in [1.29, 1.82) is 0 Å². The molecule has 0 radical (unpaired) electrons. The maximum Gasteiger partial charge on any atom is 0.261 e. The summed E-state index contributed by atoms with van der Waals surface area (Å²) in [5.74, 6) is 0.000536. The van der Waals surface area contributed by atoms with Gasteiger partial charge in [0.05, 0.1) is 6.61 Å². The normalized spacial score (nSPS) is 12.9. The van der Waals surface area contributed by atoms with E-state index in [4.69, 9.17) is 5.73 Å². The maximum absolute atomic E-state index is 11.6. The van der Waals surface area contributed by atoms with Crippen molar-refractivity contribution in [3.05, 3.63) is 0 Å². The molecule has 0 aliphatic rings. The lowest BCUT2D eigenvalue weighted by atomic mass is 10.1. The quantitative estimate of drug-likeness (QED) is 0.585. The van der Waals surface area contributed by atoms with E-state index in [9.17, 15) is 13.6 Å². The molecule has 0 saturated carbocycles. The fraction of sp³-hybridized carbons (Fsp3) is 0.889. The van der Waals surface area contributed by atoms with Crippen LogP contribution in [0.15, 0.2) is 0 Å².